The predicted molar refractivity (Wildman–Crippen MR) is 126 cm³/mol. The standard InChI is InChI=1S/C22H16S5/c1-9-7-11-3-4-13-18(16(11)23-9)26-22-14-6-5-12-17-15(8-10(2)24-17)25-19(12)20(14)27-21(13)22/h7-8H,3-6H2,1-2H3. The van der Waals surface area contributed by atoms with Gasteiger partial charge in [-0.25, -0.2) is 0 Å². The van der Waals surface area contributed by atoms with Gasteiger partial charge in [0, 0.05) is 48.1 Å². The van der Waals surface area contributed by atoms with Gasteiger partial charge in [-0.3, -0.25) is 0 Å². The second-order valence-electron chi connectivity index (χ2n) is 7.65. The largest absolute Gasteiger partial charge is 0.139 e. The molecular formula is C22H16S5. The Kier molecular flexibility index (Phi) is 3.14. The highest BCUT2D eigenvalue weighted by molar-refractivity contribution is 7.35. The molecule has 0 fully saturated rings. The third-order valence-corrected chi connectivity index (χ3v) is 12.5. The van der Waals surface area contributed by atoms with Gasteiger partial charge in [0.15, 0.2) is 0 Å². The first-order valence-electron chi connectivity index (χ1n) is 9.36. The van der Waals surface area contributed by atoms with Gasteiger partial charge in [-0.2, -0.15) is 0 Å². The van der Waals surface area contributed by atoms with E-state index in [1.54, 1.807) is 55.9 Å². The average molecular weight is 441 g/mol. The molecule has 0 spiro atoms. The number of rotatable bonds is 0. The molecule has 5 aromatic rings. The van der Waals surface area contributed by atoms with Gasteiger partial charge < -0.3 is 0 Å². The van der Waals surface area contributed by atoms with Crippen LogP contribution in [0.1, 0.15) is 32.0 Å². The van der Waals surface area contributed by atoms with Gasteiger partial charge in [0.25, 0.3) is 0 Å². The van der Waals surface area contributed by atoms with Gasteiger partial charge in [-0.05, 0) is 73.9 Å². The molecule has 5 heterocycles. The summed E-state index contributed by atoms with van der Waals surface area (Å²) in [5.41, 5.74) is 6.53. The van der Waals surface area contributed by atoms with E-state index >= 15 is 0 Å². The van der Waals surface area contributed by atoms with E-state index in [1.807, 2.05) is 34.0 Å². The lowest BCUT2D eigenvalue weighted by molar-refractivity contribution is 0.965. The normalized spacial score (nSPS) is 15.2. The highest BCUT2D eigenvalue weighted by atomic mass is 32.1. The van der Waals surface area contributed by atoms with Crippen molar-refractivity contribution in [1.82, 2.24) is 0 Å². The lowest BCUT2D eigenvalue weighted by Gasteiger charge is -2.13. The van der Waals surface area contributed by atoms with Gasteiger partial charge >= 0.3 is 0 Å². The summed E-state index contributed by atoms with van der Waals surface area (Å²) in [5, 5.41) is 0. The monoisotopic (exact) mass is 440 g/mol. The number of aryl methyl sites for hydroxylation is 6. The van der Waals surface area contributed by atoms with Crippen molar-refractivity contribution < 1.29 is 0 Å². The summed E-state index contributed by atoms with van der Waals surface area (Å²) in [6.07, 6.45) is 4.89. The van der Waals surface area contributed by atoms with E-state index in [1.165, 1.54) is 40.1 Å². The van der Waals surface area contributed by atoms with Crippen molar-refractivity contribution >= 4 is 75.5 Å². The van der Waals surface area contributed by atoms with E-state index in [9.17, 15) is 0 Å². The smallest absolute Gasteiger partial charge is 0.0499 e. The summed E-state index contributed by atoms with van der Waals surface area (Å²) >= 11 is 10.2. The molecule has 0 bridgehead atoms. The maximum atomic E-state index is 2.42. The molecule has 2 aliphatic carbocycles. The zero-order valence-corrected chi connectivity index (χ0v) is 19.1. The lowest BCUT2D eigenvalue weighted by Crippen LogP contribution is -1.97. The molecule has 0 radical (unpaired) electrons. The molecule has 134 valence electrons. The van der Waals surface area contributed by atoms with Crippen LogP contribution in [0.2, 0.25) is 0 Å². The Balaban J connectivity index is 1.49. The summed E-state index contributed by atoms with van der Waals surface area (Å²) in [6.45, 7) is 4.50. The van der Waals surface area contributed by atoms with Crippen molar-refractivity contribution in [3.05, 3.63) is 44.1 Å². The molecule has 0 aliphatic heterocycles. The van der Waals surface area contributed by atoms with Crippen molar-refractivity contribution in [3.8, 4) is 19.5 Å². The van der Waals surface area contributed by atoms with Crippen molar-refractivity contribution in [3.63, 3.8) is 0 Å². The Morgan fingerprint density at radius 1 is 0.556 bits per heavy atom. The Morgan fingerprint density at radius 2 is 1.15 bits per heavy atom. The molecule has 0 atom stereocenters. The summed E-state index contributed by atoms with van der Waals surface area (Å²) in [4.78, 5) is 9.26. The molecule has 0 nitrogen and oxygen atoms in total. The molecule has 5 aromatic heterocycles. The van der Waals surface area contributed by atoms with Crippen molar-refractivity contribution in [2.45, 2.75) is 39.5 Å². The van der Waals surface area contributed by atoms with Crippen LogP contribution in [0.25, 0.3) is 38.3 Å². The lowest BCUT2D eigenvalue weighted by atomic mass is 9.95. The van der Waals surface area contributed by atoms with Crippen molar-refractivity contribution in [2.24, 2.45) is 0 Å². The molecule has 2 aliphatic rings. The molecule has 0 N–H and O–H groups in total. The first kappa shape index (κ1) is 15.9. The Labute approximate surface area is 177 Å². The van der Waals surface area contributed by atoms with Crippen LogP contribution in [0.15, 0.2) is 12.1 Å². The van der Waals surface area contributed by atoms with Crippen molar-refractivity contribution in [1.29, 1.82) is 0 Å². The Morgan fingerprint density at radius 3 is 1.93 bits per heavy atom. The maximum Gasteiger partial charge on any atom is 0.0499 e. The highest BCUT2D eigenvalue weighted by Crippen LogP contribution is 2.56. The minimum Gasteiger partial charge on any atom is -0.139 e. The fourth-order valence-corrected chi connectivity index (χ4v) is 11.8. The van der Waals surface area contributed by atoms with Crippen LogP contribution in [0.4, 0.5) is 0 Å². The summed E-state index contributed by atoms with van der Waals surface area (Å²) in [7, 11) is 0. The second-order valence-corrected chi connectivity index (χ2v) is 13.3. The van der Waals surface area contributed by atoms with E-state index in [0.717, 1.165) is 0 Å². The molecule has 0 saturated carbocycles. The zero-order chi connectivity index (χ0) is 17.9. The van der Waals surface area contributed by atoms with Crippen LogP contribution >= 0.6 is 56.7 Å². The van der Waals surface area contributed by atoms with E-state index < -0.39 is 0 Å². The number of hydrogen-bond donors (Lipinski definition) is 0. The zero-order valence-electron chi connectivity index (χ0n) is 15.0. The van der Waals surface area contributed by atoms with E-state index in [-0.39, 0.29) is 0 Å². The van der Waals surface area contributed by atoms with Crippen LogP contribution in [0, 0.1) is 13.8 Å². The molecule has 0 saturated heterocycles. The fraction of sp³-hybridized carbons (Fsp3) is 0.273. The van der Waals surface area contributed by atoms with Gasteiger partial charge in [0.2, 0.25) is 0 Å². The number of fused-ring (bicyclic) bond motifs is 11. The highest BCUT2D eigenvalue weighted by Gasteiger charge is 2.31. The van der Waals surface area contributed by atoms with E-state index in [2.05, 4.69) is 48.7 Å². The first-order valence-corrected chi connectivity index (χ1v) is 13.4. The minimum atomic E-state index is 1.22. The van der Waals surface area contributed by atoms with E-state index in [4.69, 9.17) is 0 Å². The molecule has 27 heavy (non-hydrogen) atoms. The second kappa shape index (κ2) is 5.33. The first-order chi connectivity index (χ1) is 13.2. The van der Waals surface area contributed by atoms with Gasteiger partial charge in [0.1, 0.15) is 0 Å². The predicted octanol–water partition coefficient (Wildman–Crippen LogP) is 8.45. The third-order valence-electron chi connectivity index (χ3n) is 5.91. The van der Waals surface area contributed by atoms with Crippen LogP contribution in [-0.2, 0) is 25.7 Å². The maximum absolute atomic E-state index is 2.42. The van der Waals surface area contributed by atoms with Gasteiger partial charge in [-0.1, -0.05) is 0 Å². The van der Waals surface area contributed by atoms with E-state index in [0.29, 0.717) is 0 Å². The number of hydrogen-bond acceptors (Lipinski definition) is 5. The summed E-state index contributed by atoms with van der Waals surface area (Å²) < 4.78 is 6.29. The third kappa shape index (κ3) is 2.02. The summed E-state index contributed by atoms with van der Waals surface area (Å²) in [6, 6.07) is 4.81. The SMILES string of the molecule is Cc1cc2c(s1)-c1sc3c4c(sc3c1CC2)-c1sc2cc(C)sc2c1CC4. The Hall–Kier alpha value is -0.980. The molecule has 0 amide bonds. The van der Waals surface area contributed by atoms with Crippen LogP contribution in [0.3, 0.4) is 0 Å². The molecule has 5 heteroatoms. The fourth-order valence-electron chi connectivity index (χ4n) is 4.76. The van der Waals surface area contributed by atoms with Gasteiger partial charge in [0.05, 0.1) is 0 Å². The summed E-state index contributed by atoms with van der Waals surface area (Å²) in [5.74, 6) is 0. The molecule has 0 unspecified atom stereocenters. The topological polar surface area (TPSA) is 0 Å². The van der Waals surface area contributed by atoms with Crippen LogP contribution in [0.5, 0.6) is 0 Å². The minimum absolute atomic E-state index is 1.22. The van der Waals surface area contributed by atoms with Gasteiger partial charge in [-0.15, -0.1) is 56.7 Å². The van der Waals surface area contributed by atoms with Crippen LogP contribution < -0.4 is 0 Å². The molecular weight excluding hydrogens is 425 g/mol. The average Bonchev–Trinajstić information content (AvgIpc) is 3.38. The molecule has 0 aromatic carbocycles. The molecule has 7 rings (SSSR count). The Bertz CT molecular complexity index is 1390. The number of thiophene rings is 5. The van der Waals surface area contributed by atoms with Crippen molar-refractivity contribution in [2.75, 3.05) is 0 Å². The van der Waals surface area contributed by atoms with Crippen LogP contribution in [-0.4, -0.2) is 0 Å². The quantitative estimate of drug-likeness (QED) is 0.226.